The molecule has 0 spiro atoms. The van der Waals surface area contributed by atoms with E-state index < -0.39 is 0 Å². The first-order valence-corrected chi connectivity index (χ1v) is 7.99. The van der Waals surface area contributed by atoms with Gasteiger partial charge in [0.2, 0.25) is 0 Å². The Kier molecular flexibility index (Phi) is 6.27. The van der Waals surface area contributed by atoms with Crippen molar-refractivity contribution < 1.29 is 14.3 Å². The van der Waals surface area contributed by atoms with Crippen LogP contribution in [-0.4, -0.2) is 42.9 Å². The van der Waals surface area contributed by atoms with Gasteiger partial charge in [-0.15, -0.1) is 0 Å². The maximum Gasteiger partial charge on any atom is 0.307 e. The molecule has 1 aromatic rings. The molecule has 0 bridgehead atoms. The first kappa shape index (κ1) is 16.4. The van der Waals surface area contributed by atoms with Crippen molar-refractivity contribution in [1.82, 2.24) is 5.43 Å². The monoisotopic (exact) mass is 321 g/mol. The highest BCUT2D eigenvalue weighted by Gasteiger charge is 2.21. The summed E-state index contributed by atoms with van der Waals surface area (Å²) in [5.41, 5.74) is 3.85. The molecule has 0 fully saturated rings. The molecule has 1 aromatic carbocycles. The first-order valence-electron chi connectivity index (χ1n) is 7.00. The minimum absolute atomic E-state index is 0.0391. The van der Waals surface area contributed by atoms with Gasteiger partial charge in [-0.1, -0.05) is 11.8 Å². The minimum atomic E-state index is -0.208. The van der Waals surface area contributed by atoms with Crippen LogP contribution < -0.4 is 10.2 Å². The minimum Gasteiger partial charge on any atom is -0.497 e. The number of carbonyl (C=O) groups excluding carboxylic acids is 1. The fraction of sp³-hybridized carbons (Fsp3) is 0.400. The van der Waals surface area contributed by atoms with Gasteiger partial charge in [-0.05, 0) is 36.8 Å². The first-order chi connectivity index (χ1) is 10.7. The van der Waals surface area contributed by atoms with Gasteiger partial charge >= 0.3 is 5.97 Å². The summed E-state index contributed by atoms with van der Waals surface area (Å²) in [5.74, 6) is 1.36. The lowest BCUT2D eigenvalue weighted by molar-refractivity contribution is -0.143. The van der Waals surface area contributed by atoms with Crippen LogP contribution in [0.15, 0.2) is 34.4 Å². The molecule has 0 amide bonds. The Balaban J connectivity index is 1.81. The van der Waals surface area contributed by atoms with Crippen LogP contribution in [0, 0.1) is 0 Å². The zero-order chi connectivity index (χ0) is 15.8. The molecule has 1 N–H and O–H groups in total. The van der Waals surface area contributed by atoms with E-state index in [1.807, 2.05) is 24.3 Å². The number of ether oxygens (including phenoxy) is 2. The predicted octanol–water partition coefficient (Wildman–Crippen LogP) is 2.04. The third-order valence-corrected chi connectivity index (χ3v) is 3.93. The summed E-state index contributed by atoms with van der Waals surface area (Å²) in [6.07, 6.45) is 2.02. The quantitative estimate of drug-likeness (QED) is 0.493. The van der Waals surface area contributed by atoms with Crippen molar-refractivity contribution in [2.45, 2.75) is 19.4 Å². The predicted molar refractivity (Wildman–Crippen MR) is 88.7 cm³/mol. The van der Waals surface area contributed by atoms with Crippen LogP contribution in [0.1, 0.15) is 18.9 Å². The number of thioether (sulfide) groups is 1. The van der Waals surface area contributed by atoms with E-state index >= 15 is 0 Å². The fourth-order valence-electron chi connectivity index (χ4n) is 1.85. The summed E-state index contributed by atoms with van der Waals surface area (Å²) in [6, 6.07) is 7.54. The molecule has 1 atom stereocenters. The van der Waals surface area contributed by atoms with Gasteiger partial charge in [0.05, 0.1) is 32.4 Å². The van der Waals surface area contributed by atoms with Crippen LogP contribution >= 0.6 is 11.8 Å². The molecule has 1 aliphatic rings. The molecule has 7 heteroatoms. The lowest BCUT2D eigenvalue weighted by atomic mass is 10.2. The molecule has 1 aliphatic heterocycles. The van der Waals surface area contributed by atoms with Crippen molar-refractivity contribution >= 4 is 29.1 Å². The number of hydrogen-bond acceptors (Lipinski definition) is 7. The Bertz CT molecular complexity index is 558. The lowest BCUT2D eigenvalue weighted by Gasteiger charge is -2.04. The zero-order valence-electron chi connectivity index (χ0n) is 12.6. The van der Waals surface area contributed by atoms with Gasteiger partial charge in [-0.25, -0.2) is 0 Å². The number of methoxy groups -OCH3 is 1. The van der Waals surface area contributed by atoms with Gasteiger partial charge in [0.15, 0.2) is 5.17 Å². The van der Waals surface area contributed by atoms with Gasteiger partial charge < -0.3 is 9.47 Å². The van der Waals surface area contributed by atoms with E-state index in [0.717, 1.165) is 22.2 Å². The number of aliphatic imine (C=N–C) groups is 1. The highest BCUT2D eigenvalue weighted by Crippen LogP contribution is 2.19. The summed E-state index contributed by atoms with van der Waals surface area (Å²) in [4.78, 5) is 15.8. The molecule has 0 aromatic heterocycles. The molecule has 118 valence electrons. The second-order valence-electron chi connectivity index (χ2n) is 4.55. The van der Waals surface area contributed by atoms with Crippen LogP contribution in [0.4, 0.5) is 0 Å². The maximum atomic E-state index is 11.4. The lowest BCUT2D eigenvalue weighted by Crippen LogP contribution is -2.15. The standard InChI is InChI=1S/C15H19N3O3S/c1-3-21-14(19)8-12-10-22-15(17-12)18-16-9-11-4-6-13(20-2)7-5-11/h4-7,9,12H,3,8,10H2,1-2H3,(H,17,18)/b16-9+. The summed E-state index contributed by atoms with van der Waals surface area (Å²) in [7, 11) is 1.63. The summed E-state index contributed by atoms with van der Waals surface area (Å²) >= 11 is 1.55. The van der Waals surface area contributed by atoms with Crippen molar-refractivity contribution in [2.24, 2.45) is 10.1 Å². The van der Waals surface area contributed by atoms with Crippen LogP contribution in [0.2, 0.25) is 0 Å². The molecule has 22 heavy (non-hydrogen) atoms. The van der Waals surface area contributed by atoms with Crippen LogP contribution in [0.5, 0.6) is 5.75 Å². The fourth-order valence-corrected chi connectivity index (χ4v) is 2.73. The van der Waals surface area contributed by atoms with Gasteiger partial charge in [0.1, 0.15) is 5.75 Å². The van der Waals surface area contributed by atoms with E-state index in [1.54, 1.807) is 32.0 Å². The number of amidine groups is 1. The number of esters is 1. The Hall–Kier alpha value is -2.02. The van der Waals surface area contributed by atoms with E-state index in [9.17, 15) is 4.79 Å². The number of rotatable bonds is 6. The summed E-state index contributed by atoms with van der Waals surface area (Å²) < 4.78 is 10.0. The normalized spacial score (nSPS) is 17.4. The molecule has 0 radical (unpaired) electrons. The van der Waals surface area contributed by atoms with Crippen molar-refractivity contribution in [1.29, 1.82) is 0 Å². The molecule has 0 saturated heterocycles. The average Bonchev–Trinajstić information content (AvgIpc) is 2.95. The number of benzene rings is 1. The van der Waals surface area contributed by atoms with E-state index in [1.165, 1.54) is 0 Å². The topological polar surface area (TPSA) is 72.3 Å². The smallest absolute Gasteiger partial charge is 0.307 e. The molecule has 0 saturated carbocycles. The Morgan fingerprint density at radius 1 is 1.50 bits per heavy atom. The molecule has 2 rings (SSSR count). The SMILES string of the molecule is CCOC(=O)CC1CSC(N/N=C/c2ccc(OC)cc2)=N1. The Morgan fingerprint density at radius 3 is 2.95 bits per heavy atom. The van der Waals surface area contributed by atoms with Crippen molar-refractivity contribution in [2.75, 3.05) is 19.5 Å². The third-order valence-electron chi connectivity index (χ3n) is 2.91. The van der Waals surface area contributed by atoms with Crippen molar-refractivity contribution in [3.8, 4) is 5.75 Å². The van der Waals surface area contributed by atoms with Gasteiger partial charge in [-0.2, -0.15) is 5.10 Å². The van der Waals surface area contributed by atoms with E-state index in [4.69, 9.17) is 9.47 Å². The van der Waals surface area contributed by atoms with Crippen LogP contribution in [0.3, 0.4) is 0 Å². The highest BCUT2D eigenvalue weighted by molar-refractivity contribution is 8.14. The molecule has 1 unspecified atom stereocenters. The molecule has 1 heterocycles. The highest BCUT2D eigenvalue weighted by atomic mass is 32.2. The second-order valence-corrected chi connectivity index (χ2v) is 5.56. The number of carbonyl (C=O) groups is 1. The van der Waals surface area contributed by atoms with Crippen LogP contribution in [-0.2, 0) is 9.53 Å². The molecular formula is C15H19N3O3S. The number of hydrogen-bond donors (Lipinski definition) is 1. The van der Waals surface area contributed by atoms with Gasteiger partial charge in [0, 0.05) is 5.75 Å². The number of nitrogens with one attached hydrogen (secondary N) is 1. The average molecular weight is 321 g/mol. The van der Waals surface area contributed by atoms with Gasteiger partial charge in [0.25, 0.3) is 0 Å². The number of nitrogens with zero attached hydrogens (tertiary/aromatic N) is 2. The second kappa shape index (κ2) is 8.43. The Labute approximate surface area is 134 Å². The summed E-state index contributed by atoms with van der Waals surface area (Å²) in [6.45, 7) is 2.20. The largest absolute Gasteiger partial charge is 0.497 e. The maximum absolute atomic E-state index is 11.4. The third kappa shape index (κ3) is 5.07. The van der Waals surface area contributed by atoms with Crippen LogP contribution in [0.25, 0.3) is 0 Å². The van der Waals surface area contributed by atoms with E-state index in [0.29, 0.717) is 13.0 Å². The van der Waals surface area contributed by atoms with Gasteiger partial charge in [-0.3, -0.25) is 15.2 Å². The van der Waals surface area contributed by atoms with E-state index in [2.05, 4.69) is 15.5 Å². The number of hydrazone groups is 1. The molecule has 0 aliphatic carbocycles. The Morgan fingerprint density at radius 2 is 2.27 bits per heavy atom. The summed E-state index contributed by atoms with van der Waals surface area (Å²) in [5, 5.41) is 4.87. The zero-order valence-corrected chi connectivity index (χ0v) is 13.4. The van der Waals surface area contributed by atoms with E-state index in [-0.39, 0.29) is 12.0 Å². The van der Waals surface area contributed by atoms with Crippen molar-refractivity contribution in [3.05, 3.63) is 29.8 Å². The van der Waals surface area contributed by atoms with Crippen molar-refractivity contribution in [3.63, 3.8) is 0 Å². The molecular weight excluding hydrogens is 302 g/mol. The molecule has 6 nitrogen and oxygen atoms in total.